The van der Waals surface area contributed by atoms with Crippen molar-refractivity contribution in [1.29, 1.82) is 0 Å². The van der Waals surface area contributed by atoms with E-state index >= 15 is 0 Å². The molecule has 0 bridgehead atoms. The van der Waals surface area contributed by atoms with Crippen LogP contribution in [0.3, 0.4) is 0 Å². The summed E-state index contributed by atoms with van der Waals surface area (Å²) in [5.74, 6) is 0.0809. The van der Waals surface area contributed by atoms with Crippen molar-refractivity contribution in [2.45, 2.75) is 6.18 Å². The van der Waals surface area contributed by atoms with Crippen molar-refractivity contribution in [2.24, 2.45) is 0 Å². The Hall–Kier alpha value is -2.57. The van der Waals surface area contributed by atoms with E-state index in [0.717, 1.165) is 12.1 Å². The Kier molecular flexibility index (Phi) is 3.27. The van der Waals surface area contributed by atoms with Crippen LogP contribution in [0.1, 0.15) is 5.56 Å². The molecule has 0 amide bonds. The van der Waals surface area contributed by atoms with Gasteiger partial charge >= 0.3 is 6.18 Å². The van der Waals surface area contributed by atoms with E-state index < -0.39 is 17.6 Å². The lowest BCUT2D eigenvalue weighted by atomic mass is 10.2. The third kappa shape index (κ3) is 2.49. The zero-order chi connectivity index (χ0) is 15.9. The van der Waals surface area contributed by atoms with Crippen LogP contribution in [0.5, 0.6) is 5.75 Å². The Morgan fingerprint density at radius 3 is 2.55 bits per heavy atom. The Morgan fingerprint density at radius 1 is 1.09 bits per heavy atom. The zero-order valence-electron chi connectivity index (χ0n) is 11.3. The summed E-state index contributed by atoms with van der Waals surface area (Å²) in [6.07, 6.45) is -4.42. The summed E-state index contributed by atoms with van der Waals surface area (Å²) in [5.41, 5.74) is 0.334. The molecule has 2 aromatic carbocycles. The molecule has 0 spiro atoms. The fraction of sp³-hybridized carbons (Fsp3) is 0.133. The predicted octanol–water partition coefficient (Wildman–Crippen LogP) is 4.40. The lowest BCUT2D eigenvalue weighted by Crippen LogP contribution is -2.04. The molecule has 1 heterocycles. The van der Waals surface area contributed by atoms with E-state index in [0.29, 0.717) is 16.9 Å². The quantitative estimate of drug-likeness (QED) is 0.713. The van der Waals surface area contributed by atoms with E-state index in [9.17, 15) is 17.6 Å². The van der Waals surface area contributed by atoms with Crippen LogP contribution in [-0.4, -0.2) is 17.1 Å². The standard InChI is InChI=1S/C15H10F4N2O/c1-22-13-7-9(16)3-4-10(13)14-20-11-5-2-8(15(17,18)19)6-12(11)21-14/h2-7H,1H3,(H,20,21). The molecule has 0 radical (unpaired) electrons. The molecule has 3 nitrogen and oxygen atoms in total. The Labute approximate surface area is 122 Å². The topological polar surface area (TPSA) is 37.9 Å². The second kappa shape index (κ2) is 5.01. The normalized spacial score (nSPS) is 11.9. The third-order valence-corrected chi connectivity index (χ3v) is 3.23. The van der Waals surface area contributed by atoms with Crippen molar-refractivity contribution in [1.82, 2.24) is 9.97 Å². The minimum absolute atomic E-state index is 0.245. The van der Waals surface area contributed by atoms with Crippen molar-refractivity contribution in [3.8, 4) is 17.1 Å². The number of aromatic amines is 1. The molecule has 22 heavy (non-hydrogen) atoms. The number of nitrogens with zero attached hydrogens (tertiary/aromatic N) is 1. The highest BCUT2D eigenvalue weighted by molar-refractivity contribution is 5.81. The SMILES string of the molecule is COc1cc(F)ccc1-c1nc2ccc(C(F)(F)F)cc2[nH]1. The van der Waals surface area contributed by atoms with Gasteiger partial charge in [-0.15, -0.1) is 0 Å². The number of benzene rings is 2. The number of H-pyrrole nitrogens is 1. The summed E-state index contributed by atoms with van der Waals surface area (Å²) in [6, 6.07) is 7.11. The molecule has 0 atom stereocenters. The highest BCUT2D eigenvalue weighted by Crippen LogP contribution is 2.33. The van der Waals surface area contributed by atoms with E-state index in [4.69, 9.17) is 4.74 Å². The number of nitrogens with one attached hydrogen (secondary N) is 1. The van der Waals surface area contributed by atoms with Crippen LogP contribution < -0.4 is 4.74 Å². The first-order chi connectivity index (χ1) is 10.4. The van der Waals surface area contributed by atoms with E-state index in [2.05, 4.69) is 9.97 Å². The molecule has 0 unspecified atom stereocenters. The van der Waals surface area contributed by atoms with Gasteiger partial charge in [0.25, 0.3) is 0 Å². The van der Waals surface area contributed by atoms with Crippen molar-refractivity contribution >= 4 is 11.0 Å². The van der Waals surface area contributed by atoms with Crippen molar-refractivity contribution in [3.63, 3.8) is 0 Å². The first-order valence-electron chi connectivity index (χ1n) is 6.29. The van der Waals surface area contributed by atoms with Gasteiger partial charge in [-0.05, 0) is 30.3 Å². The van der Waals surface area contributed by atoms with Crippen molar-refractivity contribution < 1.29 is 22.3 Å². The second-order valence-corrected chi connectivity index (χ2v) is 4.66. The number of aromatic nitrogens is 2. The number of alkyl halides is 3. The van der Waals surface area contributed by atoms with Gasteiger partial charge in [0.2, 0.25) is 0 Å². The number of hydrogen-bond donors (Lipinski definition) is 1. The number of imidazole rings is 1. The van der Waals surface area contributed by atoms with Gasteiger partial charge in [-0.25, -0.2) is 9.37 Å². The van der Waals surface area contributed by atoms with Crippen LogP contribution in [0.15, 0.2) is 36.4 Å². The summed E-state index contributed by atoms with van der Waals surface area (Å²) in [4.78, 5) is 7.02. The van der Waals surface area contributed by atoms with Crippen molar-refractivity contribution in [3.05, 3.63) is 47.8 Å². The number of rotatable bonds is 2. The maximum atomic E-state index is 13.2. The monoisotopic (exact) mass is 310 g/mol. The first kappa shape index (κ1) is 14.4. The van der Waals surface area contributed by atoms with Crippen LogP contribution in [0, 0.1) is 5.82 Å². The van der Waals surface area contributed by atoms with Crippen molar-refractivity contribution in [2.75, 3.05) is 7.11 Å². The summed E-state index contributed by atoms with van der Waals surface area (Å²) in [7, 11) is 1.38. The van der Waals surface area contributed by atoms with Crippen LogP contribution >= 0.6 is 0 Å². The average Bonchev–Trinajstić information content (AvgIpc) is 2.88. The molecule has 0 aliphatic rings. The van der Waals surface area contributed by atoms with Gasteiger partial charge in [0.1, 0.15) is 17.4 Å². The smallest absolute Gasteiger partial charge is 0.416 e. The molecular weight excluding hydrogens is 300 g/mol. The second-order valence-electron chi connectivity index (χ2n) is 4.66. The molecule has 1 aromatic heterocycles. The van der Waals surface area contributed by atoms with Gasteiger partial charge in [0.15, 0.2) is 0 Å². The van der Waals surface area contributed by atoms with E-state index in [1.807, 2.05) is 0 Å². The number of fused-ring (bicyclic) bond motifs is 1. The van der Waals surface area contributed by atoms with E-state index in [1.54, 1.807) is 0 Å². The molecule has 1 N–H and O–H groups in total. The Balaban J connectivity index is 2.13. The average molecular weight is 310 g/mol. The van der Waals surface area contributed by atoms with Gasteiger partial charge in [-0.2, -0.15) is 13.2 Å². The Morgan fingerprint density at radius 2 is 1.86 bits per heavy atom. The molecule has 7 heteroatoms. The highest BCUT2D eigenvalue weighted by Gasteiger charge is 2.30. The molecule has 0 fully saturated rings. The first-order valence-corrected chi connectivity index (χ1v) is 6.29. The molecule has 0 saturated heterocycles. The van der Waals surface area contributed by atoms with Gasteiger partial charge in [0.05, 0.1) is 29.3 Å². The van der Waals surface area contributed by atoms with Gasteiger partial charge in [-0.1, -0.05) is 0 Å². The number of hydrogen-bond acceptors (Lipinski definition) is 2. The molecule has 0 aliphatic carbocycles. The van der Waals surface area contributed by atoms with Gasteiger partial charge < -0.3 is 9.72 Å². The predicted molar refractivity (Wildman–Crippen MR) is 73.0 cm³/mol. The maximum absolute atomic E-state index is 13.2. The summed E-state index contributed by atoms with van der Waals surface area (Å²) >= 11 is 0. The number of ether oxygens (including phenoxy) is 1. The van der Waals surface area contributed by atoms with Crippen LogP contribution in [0.4, 0.5) is 17.6 Å². The molecular formula is C15H10F4N2O. The largest absolute Gasteiger partial charge is 0.496 e. The minimum Gasteiger partial charge on any atom is -0.496 e. The molecule has 3 rings (SSSR count). The fourth-order valence-electron chi connectivity index (χ4n) is 2.17. The van der Waals surface area contributed by atoms with Crippen LogP contribution in [0.2, 0.25) is 0 Å². The molecule has 3 aromatic rings. The lowest BCUT2D eigenvalue weighted by molar-refractivity contribution is -0.137. The van der Waals surface area contributed by atoms with Gasteiger partial charge in [-0.3, -0.25) is 0 Å². The summed E-state index contributed by atoms with van der Waals surface area (Å²) in [6.45, 7) is 0. The van der Waals surface area contributed by atoms with Crippen LogP contribution in [0.25, 0.3) is 22.4 Å². The molecule has 114 valence electrons. The van der Waals surface area contributed by atoms with Gasteiger partial charge in [0, 0.05) is 6.07 Å². The van der Waals surface area contributed by atoms with Crippen LogP contribution in [-0.2, 0) is 6.18 Å². The lowest BCUT2D eigenvalue weighted by Gasteiger charge is -2.05. The fourth-order valence-corrected chi connectivity index (χ4v) is 2.17. The Bertz CT molecular complexity index is 839. The van der Waals surface area contributed by atoms with E-state index in [-0.39, 0.29) is 11.3 Å². The number of methoxy groups -OCH3 is 1. The molecule has 0 aliphatic heterocycles. The highest BCUT2D eigenvalue weighted by atomic mass is 19.4. The maximum Gasteiger partial charge on any atom is 0.416 e. The van der Waals surface area contributed by atoms with E-state index in [1.165, 1.54) is 31.4 Å². The minimum atomic E-state index is -4.42. The zero-order valence-corrected chi connectivity index (χ0v) is 11.3. The third-order valence-electron chi connectivity index (χ3n) is 3.23. The molecule has 0 saturated carbocycles. The number of halogens is 4. The summed E-state index contributed by atoms with van der Waals surface area (Å²) in [5, 5.41) is 0. The summed E-state index contributed by atoms with van der Waals surface area (Å²) < 4.78 is 56.4.